The Morgan fingerprint density at radius 3 is 2.66 bits per heavy atom. The van der Waals surface area contributed by atoms with Crippen molar-refractivity contribution in [3.63, 3.8) is 0 Å². The molecule has 35 heavy (non-hydrogen) atoms. The average molecular weight is 485 g/mol. The van der Waals surface area contributed by atoms with E-state index >= 15 is 0 Å². The third kappa shape index (κ3) is 4.69. The normalized spacial score (nSPS) is 19.1. The molecule has 186 valence electrons. The molecule has 0 bridgehead atoms. The quantitative estimate of drug-likeness (QED) is 0.572. The van der Waals surface area contributed by atoms with Gasteiger partial charge in [0.05, 0.1) is 10.9 Å². The monoisotopic (exact) mass is 484 g/mol. The van der Waals surface area contributed by atoms with E-state index in [2.05, 4.69) is 30.1 Å². The Morgan fingerprint density at radius 2 is 1.97 bits per heavy atom. The largest absolute Gasteiger partial charge is 0.353 e. The van der Waals surface area contributed by atoms with Gasteiger partial charge in [-0.2, -0.15) is 8.78 Å². The van der Waals surface area contributed by atoms with Gasteiger partial charge in [0.15, 0.2) is 11.6 Å². The highest BCUT2D eigenvalue weighted by molar-refractivity contribution is 5.95. The van der Waals surface area contributed by atoms with Crippen molar-refractivity contribution in [2.24, 2.45) is 0 Å². The van der Waals surface area contributed by atoms with E-state index in [4.69, 9.17) is 5.10 Å². The molecule has 0 unspecified atom stereocenters. The molecule has 9 nitrogen and oxygen atoms in total. The van der Waals surface area contributed by atoms with Crippen molar-refractivity contribution in [3.8, 4) is 5.82 Å². The van der Waals surface area contributed by atoms with Crippen LogP contribution < -0.4 is 10.2 Å². The Kier molecular flexibility index (Phi) is 6.12. The van der Waals surface area contributed by atoms with Gasteiger partial charge < -0.3 is 10.2 Å². The van der Waals surface area contributed by atoms with E-state index < -0.39 is 11.7 Å². The number of nitrogens with one attached hydrogen (secondary N) is 1. The molecular weight excluding hydrogens is 454 g/mol. The van der Waals surface area contributed by atoms with Crippen LogP contribution in [0.15, 0.2) is 18.3 Å². The molecule has 1 atom stereocenters. The smallest absolute Gasteiger partial charge is 0.303 e. The molecular formula is C24H30F2N8O. The molecule has 3 aromatic rings. The number of halogens is 2. The van der Waals surface area contributed by atoms with Gasteiger partial charge in [-0.1, -0.05) is 6.92 Å². The Morgan fingerprint density at radius 1 is 1.20 bits per heavy atom. The van der Waals surface area contributed by atoms with Gasteiger partial charge in [0, 0.05) is 57.0 Å². The summed E-state index contributed by atoms with van der Waals surface area (Å²) in [6, 6.07) is 3.86. The number of aryl methyl sites for hydroxylation is 1. The predicted octanol–water partition coefficient (Wildman–Crippen LogP) is 3.52. The van der Waals surface area contributed by atoms with Crippen LogP contribution in [-0.4, -0.2) is 67.8 Å². The first-order valence-electron chi connectivity index (χ1n) is 12.1. The summed E-state index contributed by atoms with van der Waals surface area (Å²) < 4.78 is 30.0. The van der Waals surface area contributed by atoms with E-state index in [0.717, 1.165) is 50.7 Å². The number of aromatic nitrogens is 5. The summed E-state index contributed by atoms with van der Waals surface area (Å²) in [5.41, 5.74) is 1.14. The molecule has 5 rings (SSSR count). The van der Waals surface area contributed by atoms with E-state index in [1.54, 1.807) is 23.0 Å². The van der Waals surface area contributed by atoms with Gasteiger partial charge in [-0.25, -0.2) is 19.6 Å². The van der Waals surface area contributed by atoms with Gasteiger partial charge in [-0.05, 0) is 38.8 Å². The number of fused-ring (bicyclic) bond motifs is 1. The predicted molar refractivity (Wildman–Crippen MR) is 129 cm³/mol. The number of rotatable bonds is 6. The fourth-order valence-corrected chi connectivity index (χ4v) is 4.96. The summed E-state index contributed by atoms with van der Waals surface area (Å²) in [7, 11) is 0. The summed E-state index contributed by atoms with van der Waals surface area (Å²) >= 11 is 0. The molecule has 0 aliphatic carbocycles. The minimum Gasteiger partial charge on any atom is -0.353 e. The van der Waals surface area contributed by atoms with E-state index in [0.29, 0.717) is 29.5 Å². The third-order valence-corrected chi connectivity index (χ3v) is 6.71. The van der Waals surface area contributed by atoms with Crippen LogP contribution in [0.3, 0.4) is 0 Å². The molecule has 2 aliphatic heterocycles. The van der Waals surface area contributed by atoms with Crippen molar-refractivity contribution >= 4 is 28.4 Å². The lowest BCUT2D eigenvalue weighted by Gasteiger charge is -2.23. The number of hydrogen-bond donors (Lipinski definition) is 1. The highest BCUT2D eigenvalue weighted by Crippen LogP contribution is 2.33. The van der Waals surface area contributed by atoms with Crippen LogP contribution in [0, 0.1) is 0 Å². The zero-order valence-electron chi connectivity index (χ0n) is 20.3. The highest BCUT2D eigenvalue weighted by atomic mass is 19.3. The molecule has 0 aromatic carbocycles. The van der Waals surface area contributed by atoms with E-state index in [-0.39, 0.29) is 11.7 Å². The van der Waals surface area contributed by atoms with Crippen molar-refractivity contribution in [2.45, 2.75) is 58.4 Å². The Bertz CT molecular complexity index is 1250. The second kappa shape index (κ2) is 9.10. The minimum absolute atomic E-state index is 0.251. The van der Waals surface area contributed by atoms with Gasteiger partial charge in [0.2, 0.25) is 11.7 Å². The molecule has 1 N–H and O–H groups in total. The SMILES string of the molecule is CCc1cc(-n2nc(N3CC[C@@H](N4CCCC4)C3)c3cnc(NC(C)=O)cc32)nc(C(C)(F)F)n1. The van der Waals surface area contributed by atoms with E-state index in [1.165, 1.54) is 19.8 Å². The number of carbonyl (C=O) groups excluding carboxylic acids is 1. The highest BCUT2D eigenvalue weighted by Gasteiger charge is 2.33. The van der Waals surface area contributed by atoms with E-state index in [1.807, 2.05) is 6.92 Å². The van der Waals surface area contributed by atoms with Crippen LogP contribution >= 0.6 is 0 Å². The number of amides is 1. The molecule has 2 fully saturated rings. The van der Waals surface area contributed by atoms with Crippen LogP contribution in [0.1, 0.15) is 51.6 Å². The molecule has 11 heteroatoms. The van der Waals surface area contributed by atoms with Crippen molar-refractivity contribution in [1.82, 2.24) is 29.6 Å². The lowest BCUT2D eigenvalue weighted by molar-refractivity contribution is -0.114. The maximum atomic E-state index is 14.2. The van der Waals surface area contributed by atoms with Crippen LogP contribution in [-0.2, 0) is 17.1 Å². The summed E-state index contributed by atoms with van der Waals surface area (Å²) in [6.07, 6.45) is 5.68. The van der Waals surface area contributed by atoms with Gasteiger partial charge in [0.25, 0.3) is 0 Å². The summed E-state index contributed by atoms with van der Waals surface area (Å²) in [5, 5.41) is 8.33. The standard InChI is InChI=1S/C24H30F2N8O/c1-4-16-11-21(30-23(29-16)24(3,25)26)34-19-12-20(28-15(2)35)27-13-18(19)22(31-34)33-10-7-17(14-33)32-8-5-6-9-32/h11-13,17H,4-10,14H2,1-3H3,(H,27,28,35)/t17-/m1/s1. The summed E-state index contributed by atoms with van der Waals surface area (Å²) in [4.78, 5) is 29.0. The van der Waals surface area contributed by atoms with Crippen LogP contribution in [0.5, 0.6) is 0 Å². The van der Waals surface area contributed by atoms with Gasteiger partial charge in [-0.15, -0.1) is 5.10 Å². The first kappa shape index (κ1) is 23.5. The first-order valence-corrected chi connectivity index (χ1v) is 12.1. The fraction of sp³-hybridized carbons (Fsp3) is 0.542. The van der Waals surface area contributed by atoms with Gasteiger partial charge in [0.1, 0.15) is 5.82 Å². The molecule has 2 saturated heterocycles. The second-order valence-electron chi connectivity index (χ2n) is 9.42. The van der Waals surface area contributed by atoms with Gasteiger partial charge in [-0.3, -0.25) is 9.69 Å². The minimum atomic E-state index is -3.19. The van der Waals surface area contributed by atoms with Crippen molar-refractivity contribution < 1.29 is 13.6 Å². The molecule has 5 heterocycles. The first-order chi connectivity index (χ1) is 16.7. The zero-order valence-corrected chi connectivity index (χ0v) is 20.3. The number of hydrogen-bond acceptors (Lipinski definition) is 7. The van der Waals surface area contributed by atoms with Crippen molar-refractivity contribution in [1.29, 1.82) is 0 Å². The third-order valence-electron chi connectivity index (χ3n) is 6.71. The fourth-order valence-electron chi connectivity index (χ4n) is 4.96. The summed E-state index contributed by atoms with van der Waals surface area (Å²) in [6.45, 7) is 8.02. The molecule has 3 aromatic heterocycles. The van der Waals surface area contributed by atoms with Crippen LogP contribution in [0.2, 0.25) is 0 Å². The number of pyridine rings is 1. The topological polar surface area (TPSA) is 92.1 Å². The average Bonchev–Trinajstić information content (AvgIpc) is 3.56. The molecule has 2 aliphatic rings. The maximum Gasteiger partial charge on any atom is 0.303 e. The number of nitrogens with zero attached hydrogens (tertiary/aromatic N) is 7. The Balaban J connectivity index is 1.61. The van der Waals surface area contributed by atoms with Gasteiger partial charge >= 0.3 is 5.92 Å². The van der Waals surface area contributed by atoms with Crippen LogP contribution in [0.4, 0.5) is 20.4 Å². The lowest BCUT2D eigenvalue weighted by atomic mass is 10.2. The number of carbonyl (C=O) groups is 1. The number of likely N-dealkylation sites (tertiary alicyclic amines) is 1. The molecule has 0 spiro atoms. The van der Waals surface area contributed by atoms with Crippen LogP contribution in [0.25, 0.3) is 16.7 Å². The summed E-state index contributed by atoms with van der Waals surface area (Å²) in [5.74, 6) is -2.61. The molecule has 0 saturated carbocycles. The Hall–Kier alpha value is -3.21. The lowest BCUT2D eigenvalue weighted by Crippen LogP contribution is -2.35. The molecule has 0 radical (unpaired) electrons. The Labute approximate surface area is 202 Å². The maximum absolute atomic E-state index is 14.2. The second-order valence-corrected chi connectivity index (χ2v) is 9.42. The number of alkyl halides is 2. The number of anilines is 2. The van der Waals surface area contributed by atoms with E-state index in [9.17, 15) is 13.6 Å². The zero-order chi connectivity index (χ0) is 24.7. The molecule has 1 amide bonds. The van der Waals surface area contributed by atoms with Crippen molar-refractivity contribution in [2.75, 3.05) is 36.4 Å². The van der Waals surface area contributed by atoms with Crippen molar-refractivity contribution in [3.05, 3.63) is 29.8 Å².